The van der Waals surface area contributed by atoms with Crippen LogP contribution in [0, 0.1) is 10.1 Å². The van der Waals surface area contributed by atoms with Crippen molar-refractivity contribution in [1.29, 1.82) is 0 Å². The fourth-order valence-corrected chi connectivity index (χ4v) is 3.24. The van der Waals surface area contributed by atoms with Crippen molar-refractivity contribution in [1.82, 2.24) is 4.90 Å². The van der Waals surface area contributed by atoms with Gasteiger partial charge in [-0.2, -0.15) is 0 Å². The Labute approximate surface area is 123 Å². The molecule has 20 heavy (non-hydrogen) atoms. The molecule has 1 aliphatic carbocycles. The first-order valence-electron chi connectivity index (χ1n) is 7.01. The molecule has 2 fully saturated rings. The first-order chi connectivity index (χ1) is 9.54. The van der Waals surface area contributed by atoms with E-state index in [1.807, 2.05) is 0 Å². The third-order valence-electron chi connectivity index (χ3n) is 4.15. The molecule has 1 aromatic rings. The molecule has 1 aliphatic heterocycles. The van der Waals surface area contributed by atoms with Gasteiger partial charge in [-0.25, -0.2) is 0 Å². The van der Waals surface area contributed by atoms with Crippen LogP contribution in [0.3, 0.4) is 0 Å². The van der Waals surface area contributed by atoms with E-state index >= 15 is 0 Å². The number of rotatable bonds is 4. The number of halogens is 1. The molecule has 2 aliphatic rings. The molecule has 5 nitrogen and oxygen atoms in total. The predicted molar refractivity (Wildman–Crippen MR) is 79.3 cm³/mol. The van der Waals surface area contributed by atoms with Crippen molar-refractivity contribution < 1.29 is 4.92 Å². The molecule has 0 aromatic heterocycles. The maximum Gasteiger partial charge on any atom is 0.289 e. The Balaban J connectivity index is 1.69. The van der Waals surface area contributed by atoms with E-state index in [1.54, 1.807) is 12.1 Å². The minimum Gasteiger partial charge on any atom is -0.381 e. The predicted octanol–water partition coefficient (Wildman–Crippen LogP) is 3.29. The summed E-state index contributed by atoms with van der Waals surface area (Å²) < 4.78 is 0. The molecule has 2 atom stereocenters. The zero-order valence-electron chi connectivity index (χ0n) is 11.4. The summed E-state index contributed by atoms with van der Waals surface area (Å²) in [5.74, 6) is 0. The molecular formula is C14H18ClN3O2. The number of nitrogens with one attached hydrogen (secondary N) is 1. The van der Waals surface area contributed by atoms with Crippen LogP contribution in [0.4, 0.5) is 11.4 Å². The summed E-state index contributed by atoms with van der Waals surface area (Å²) in [6, 6.07) is 6.61. The van der Waals surface area contributed by atoms with Gasteiger partial charge in [-0.05, 0) is 38.3 Å². The van der Waals surface area contributed by atoms with Crippen LogP contribution in [0.15, 0.2) is 18.2 Å². The van der Waals surface area contributed by atoms with Crippen molar-refractivity contribution in [2.24, 2.45) is 0 Å². The summed E-state index contributed by atoms with van der Waals surface area (Å²) in [5, 5.41) is 14.5. The number of hydrogen-bond acceptors (Lipinski definition) is 4. The number of hydrogen-bond donors (Lipinski definition) is 1. The van der Waals surface area contributed by atoms with Crippen LogP contribution in [-0.4, -0.2) is 34.5 Å². The normalized spacial score (nSPS) is 26.7. The van der Waals surface area contributed by atoms with Crippen molar-refractivity contribution in [3.8, 4) is 0 Å². The van der Waals surface area contributed by atoms with Crippen LogP contribution >= 0.6 is 11.6 Å². The van der Waals surface area contributed by atoms with Crippen LogP contribution in [0.2, 0.25) is 5.02 Å². The molecule has 1 heterocycles. The van der Waals surface area contributed by atoms with Gasteiger partial charge in [0.1, 0.15) is 5.02 Å². The lowest BCUT2D eigenvalue weighted by Gasteiger charge is -2.19. The van der Waals surface area contributed by atoms with Gasteiger partial charge in [-0.3, -0.25) is 15.0 Å². The molecule has 0 bridgehead atoms. The minimum absolute atomic E-state index is 0.0400. The Morgan fingerprint density at radius 2 is 2.20 bits per heavy atom. The smallest absolute Gasteiger partial charge is 0.289 e. The average molecular weight is 296 g/mol. The van der Waals surface area contributed by atoms with Crippen molar-refractivity contribution >= 4 is 23.0 Å². The van der Waals surface area contributed by atoms with Gasteiger partial charge in [0.05, 0.1) is 4.92 Å². The lowest BCUT2D eigenvalue weighted by molar-refractivity contribution is -0.384. The third-order valence-corrected chi connectivity index (χ3v) is 4.47. The highest BCUT2D eigenvalue weighted by molar-refractivity contribution is 6.32. The Kier molecular flexibility index (Phi) is 3.56. The van der Waals surface area contributed by atoms with E-state index in [4.69, 9.17) is 11.6 Å². The summed E-state index contributed by atoms with van der Waals surface area (Å²) >= 11 is 5.83. The summed E-state index contributed by atoms with van der Waals surface area (Å²) in [6.07, 6.45) is 3.69. The van der Waals surface area contributed by atoms with Gasteiger partial charge < -0.3 is 5.32 Å². The largest absolute Gasteiger partial charge is 0.381 e. The molecule has 1 saturated heterocycles. The molecule has 0 spiro atoms. The molecule has 1 saturated carbocycles. The van der Waals surface area contributed by atoms with Crippen molar-refractivity contribution in [3.63, 3.8) is 0 Å². The van der Waals surface area contributed by atoms with Crippen LogP contribution in [0.1, 0.15) is 26.2 Å². The zero-order chi connectivity index (χ0) is 14.3. The monoisotopic (exact) mass is 295 g/mol. The summed E-state index contributed by atoms with van der Waals surface area (Å²) in [4.78, 5) is 13.0. The van der Waals surface area contributed by atoms with E-state index in [1.165, 1.54) is 18.9 Å². The van der Waals surface area contributed by atoms with E-state index in [9.17, 15) is 10.1 Å². The summed E-state index contributed by atoms with van der Waals surface area (Å²) in [7, 11) is 0. The van der Waals surface area contributed by atoms with Gasteiger partial charge >= 0.3 is 0 Å². The first kappa shape index (κ1) is 13.6. The van der Waals surface area contributed by atoms with Gasteiger partial charge in [0, 0.05) is 36.4 Å². The second-order valence-electron chi connectivity index (χ2n) is 5.78. The highest BCUT2D eigenvalue weighted by Crippen LogP contribution is 2.34. The summed E-state index contributed by atoms with van der Waals surface area (Å²) in [5.41, 5.74) is 0.734. The standard InChI is InChI=1S/C14H18ClN3O2/c1-9-6-11(8-17(9)12-3-4-12)16-10-2-5-13(15)14(7-10)18(19)20/h2,5,7,9,11-12,16H,3-4,6,8H2,1H3. The average Bonchev–Trinajstić information content (AvgIpc) is 3.16. The molecule has 1 N–H and O–H groups in total. The Morgan fingerprint density at radius 1 is 1.45 bits per heavy atom. The highest BCUT2D eigenvalue weighted by atomic mass is 35.5. The molecule has 0 amide bonds. The number of nitro groups is 1. The van der Waals surface area contributed by atoms with Crippen LogP contribution in [0.5, 0.6) is 0 Å². The van der Waals surface area contributed by atoms with Crippen molar-refractivity contribution in [2.75, 3.05) is 11.9 Å². The van der Waals surface area contributed by atoms with E-state index in [0.717, 1.165) is 24.7 Å². The van der Waals surface area contributed by atoms with Crippen LogP contribution in [-0.2, 0) is 0 Å². The zero-order valence-corrected chi connectivity index (χ0v) is 12.1. The lowest BCUT2D eigenvalue weighted by atomic mass is 10.2. The maximum absolute atomic E-state index is 10.9. The Hall–Kier alpha value is -1.33. The molecule has 6 heteroatoms. The number of nitrogens with zero attached hydrogens (tertiary/aromatic N) is 2. The quantitative estimate of drug-likeness (QED) is 0.684. The van der Waals surface area contributed by atoms with Crippen LogP contribution < -0.4 is 5.32 Å². The second-order valence-corrected chi connectivity index (χ2v) is 6.18. The SMILES string of the molecule is CC1CC(Nc2ccc(Cl)c([N+](=O)[O-])c2)CN1C1CC1. The van der Waals surface area contributed by atoms with Crippen molar-refractivity contribution in [2.45, 2.75) is 44.3 Å². The van der Waals surface area contributed by atoms with Gasteiger partial charge in [-0.15, -0.1) is 0 Å². The lowest BCUT2D eigenvalue weighted by Crippen LogP contribution is -2.31. The maximum atomic E-state index is 10.9. The highest BCUT2D eigenvalue weighted by Gasteiger charge is 2.38. The fourth-order valence-electron chi connectivity index (χ4n) is 3.05. The Bertz CT molecular complexity index is 533. The third kappa shape index (κ3) is 2.74. The minimum atomic E-state index is -0.443. The molecule has 1 aromatic carbocycles. The van der Waals surface area contributed by atoms with Crippen LogP contribution in [0.25, 0.3) is 0 Å². The molecular weight excluding hydrogens is 278 g/mol. The molecule has 0 radical (unpaired) electrons. The van der Waals surface area contributed by atoms with Crippen molar-refractivity contribution in [3.05, 3.63) is 33.3 Å². The number of anilines is 1. The van der Waals surface area contributed by atoms with E-state index in [0.29, 0.717) is 12.1 Å². The molecule has 108 valence electrons. The van der Waals surface area contributed by atoms with Gasteiger partial charge in [0.2, 0.25) is 0 Å². The second kappa shape index (κ2) is 5.22. The topological polar surface area (TPSA) is 58.4 Å². The number of likely N-dealkylation sites (tertiary alicyclic amines) is 1. The van der Waals surface area contributed by atoms with E-state index < -0.39 is 4.92 Å². The van der Waals surface area contributed by atoms with E-state index in [2.05, 4.69) is 17.1 Å². The van der Waals surface area contributed by atoms with Gasteiger partial charge in [0.25, 0.3) is 5.69 Å². The summed E-state index contributed by atoms with van der Waals surface area (Å²) in [6.45, 7) is 3.27. The molecule has 2 unspecified atom stereocenters. The van der Waals surface area contributed by atoms with E-state index in [-0.39, 0.29) is 10.7 Å². The molecule has 3 rings (SSSR count). The first-order valence-corrected chi connectivity index (χ1v) is 7.38. The number of benzene rings is 1. The van der Waals surface area contributed by atoms with Gasteiger partial charge in [-0.1, -0.05) is 11.6 Å². The van der Waals surface area contributed by atoms with Gasteiger partial charge in [0.15, 0.2) is 0 Å². The fraction of sp³-hybridized carbons (Fsp3) is 0.571. The number of nitro benzene ring substituents is 1. The Morgan fingerprint density at radius 3 is 2.85 bits per heavy atom.